The fourth-order valence-electron chi connectivity index (χ4n) is 20.3. The van der Waals surface area contributed by atoms with E-state index in [-0.39, 0.29) is 82.8 Å². The number of nitrogens with zero attached hydrogens (tertiary/aromatic N) is 8. The van der Waals surface area contributed by atoms with Gasteiger partial charge < -0.3 is 15.4 Å². The highest BCUT2D eigenvalue weighted by Gasteiger charge is 2.55. The van der Waals surface area contributed by atoms with Crippen LogP contribution in [0.4, 0.5) is 0 Å². The highest BCUT2D eigenvalue weighted by Crippen LogP contribution is 2.51. The predicted octanol–water partition coefficient (Wildman–Crippen LogP) is 18.7. The van der Waals surface area contributed by atoms with Crippen molar-refractivity contribution in [1.82, 2.24) is 35.3 Å². The summed E-state index contributed by atoms with van der Waals surface area (Å²) in [5.41, 5.74) is 13.4. The number of amides is 2. The van der Waals surface area contributed by atoms with Gasteiger partial charge in [-0.1, -0.05) is 191 Å². The van der Waals surface area contributed by atoms with Crippen LogP contribution in [0.15, 0.2) is 195 Å². The lowest BCUT2D eigenvalue weighted by Crippen LogP contribution is -2.43. The predicted molar refractivity (Wildman–Crippen MR) is 460 cm³/mol. The number of pyridine rings is 4. The van der Waals surface area contributed by atoms with Crippen LogP contribution < -0.4 is 15.4 Å². The molecule has 4 aromatic carbocycles. The molecule has 600 valence electrons. The van der Waals surface area contributed by atoms with E-state index in [9.17, 15) is 43.8 Å². The lowest BCUT2D eigenvalue weighted by Gasteiger charge is -2.41. The molecule has 117 heavy (non-hydrogen) atoms. The molecule has 4 saturated heterocycles. The summed E-state index contributed by atoms with van der Waals surface area (Å²) in [7, 11) is -3.24. The van der Waals surface area contributed by atoms with E-state index in [1.807, 2.05) is 178 Å². The molecule has 0 radical (unpaired) electrons. The van der Waals surface area contributed by atoms with Crippen LogP contribution in [0.1, 0.15) is 154 Å². The van der Waals surface area contributed by atoms with Gasteiger partial charge >= 0.3 is 5.97 Å². The summed E-state index contributed by atoms with van der Waals surface area (Å²) in [6.07, 6.45) is 28.2. The highest BCUT2D eigenvalue weighted by atomic mass is 32.2. The van der Waals surface area contributed by atoms with E-state index in [1.54, 1.807) is 12.3 Å². The first kappa shape index (κ1) is 83.7. The Labute approximate surface area is 691 Å². The quantitative estimate of drug-likeness (QED) is 0.0960. The van der Waals surface area contributed by atoms with Gasteiger partial charge in [-0.3, -0.25) is 34.3 Å². The second-order valence-electron chi connectivity index (χ2n) is 34.4. The highest BCUT2D eigenvalue weighted by molar-refractivity contribution is 7.90. The summed E-state index contributed by atoms with van der Waals surface area (Å²) in [4.78, 5) is 55.0. The Balaban J connectivity index is 0.000000135. The van der Waals surface area contributed by atoms with E-state index >= 15 is 0 Å². The molecule has 4 aliphatic carbocycles. The third kappa shape index (κ3) is 18.0. The first-order chi connectivity index (χ1) is 56.3. The van der Waals surface area contributed by atoms with Crippen molar-refractivity contribution in [3.05, 3.63) is 240 Å². The number of ether oxygens (including phenoxy) is 1. The van der Waals surface area contributed by atoms with Gasteiger partial charge in [-0.05, 0) is 201 Å². The average Bonchev–Trinajstić information content (AvgIpc) is 1.61. The van der Waals surface area contributed by atoms with Crippen LogP contribution in [0, 0.1) is 158 Å². The number of hydrogen-bond donors (Lipinski definition) is 3. The monoisotopic (exact) mass is 1580 g/mol. The Kier molecular flexibility index (Phi) is 26.1. The van der Waals surface area contributed by atoms with Crippen LogP contribution in [-0.4, -0.2) is 75.6 Å². The smallest absolute Gasteiger partial charge is 0.309 e. The molecule has 8 aromatic rings. The van der Waals surface area contributed by atoms with Gasteiger partial charge in [0.05, 0.1) is 80.5 Å². The number of carbonyl (C=O) groups excluding carboxylic acids is 3. The molecule has 3 N–H and O–H groups in total. The van der Waals surface area contributed by atoms with E-state index in [4.69, 9.17) is 4.74 Å². The van der Waals surface area contributed by atoms with Gasteiger partial charge in [0.25, 0.3) is 0 Å². The molecule has 8 aliphatic rings. The molecule has 8 heterocycles. The Morgan fingerprint density at radius 1 is 0.385 bits per heavy atom. The summed E-state index contributed by atoms with van der Waals surface area (Å²) in [6.45, 7) is 26.2. The molecule has 2 amide bonds. The topological polar surface area (TPSA) is 277 Å². The number of allylic oxidation sites excluding steroid dienone is 4. The van der Waals surface area contributed by atoms with E-state index in [1.165, 1.54) is 0 Å². The second kappa shape index (κ2) is 36.5. The van der Waals surface area contributed by atoms with Crippen molar-refractivity contribution in [3.63, 3.8) is 0 Å². The summed E-state index contributed by atoms with van der Waals surface area (Å²) < 4.78 is 33.6. The average molecular weight is 1580 g/mol. The van der Waals surface area contributed by atoms with Crippen LogP contribution in [0.3, 0.4) is 0 Å². The number of nitriles is 4. The number of hydrogen-bond acceptors (Lipinski definition) is 14. The number of rotatable bonds is 12. The largest absolute Gasteiger partial charge is 0.462 e. The SMILES string of the molecule is C[C@H]1[C@H](/C=C/c2ccc(-c3ccccc3C#N)cn2)[C@@H]2[C@@H](C)NC(=O)[C@@H]2C[C@@H]1C.C[C@H]1[C@H](/C=C/c2ccc(-c3ccccc3C#N)cn2)[C@H]2[C@@H](C[C@@H]1C)NC(=O)[C@@H]2C.C[C@H]1[C@H](/C=C/c2ccc(-c3ccccc3C#N)cn2)[C@H]2[C@@H](C[C@@H]1C)OC(=O)[C@@H]2C.C[C@H]1[C@H](/C=C/c2ccc(-c3ccccc3C#N)cn2)[C@H]2[C@@H](C[C@@H]1C)S(=O)(=O)N[C@@H]2C. The number of fused-ring (bicyclic) bond motifs is 4. The molecule has 8 fully saturated rings. The zero-order valence-electron chi connectivity index (χ0n) is 68.9. The Hall–Kier alpha value is -11.3. The molecular formula is C99H107N11O6S. The maximum absolute atomic E-state index is 12.5. The zero-order chi connectivity index (χ0) is 83.1. The zero-order valence-corrected chi connectivity index (χ0v) is 69.7. The van der Waals surface area contributed by atoms with Gasteiger partial charge in [-0.15, -0.1) is 0 Å². The van der Waals surface area contributed by atoms with E-state index in [0.717, 1.165) is 93.0 Å². The molecule has 4 aliphatic heterocycles. The number of carbonyl (C=O) groups is 3. The van der Waals surface area contributed by atoms with Crippen molar-refractivity contribution < 1.29 is 27.5 Å². The first-order valence-corrected chi connectivity index (χ1v) is 43.2. The summed E-state index contributed by atoms with van der Waals surface area (Å²) in [5.74, 6) is 6.65. The standard InChI is InChI=1S/2C25H27N3O.C25H26N2O2.C24H27N3O2S/c1-15-12-23-24(17(3)28-25(23)29)21(16(15)2)11-10-20-9-8-19(14-27-20)22-7-5-4-6-18(22)13-26;1-15-12-23-24(17(3)25(29)28-23)21(16(15)2)11-10-20-9-8-19(14-27-20)22-7-5-4-6-18(22)13-26;1-15-12-23-24(17(3)25(28)29-23)21(16(15)2)11-10-20-9-8-19(14-27-20)22-7-5-4-6-18(22)13-26;1-15-12-23-24(17(3)27-30(23,28)29)21(16(15)2)11-10-20-9-8-19(14-26-20)22-7-5-4-6-18(22)13-25/h2*4-11,14-17,21,23-24H,12H2,1-3H3,(H,28,29);4-11,14-17,21,23-24H,12H2,1-3H3;4-11,14-17,21,23-24,27H,12H2,1-3H3/b4*11-10+/t4*15-,16+,17+,21-,23+,24-/m0000/s1. The molecule has 24 atom stereocenters. The number of nitrogens with one attached hydrogen (secondary N) is 3. The van der Waals surface area contributed by atoms with Crippen LogP contribution in [-0.2, 0) is 29.1 Å². The Morgan fingerprint density at radius 3 is 1.12 bits per heavy atom. The van der Waals surface area contributed by atoms with Gasteiger partial charge in [0.1, 0.15) is 6.10 Å². The summed E-state index contributed by atoms with van der Waals surface area (Å²) in [6, 6.07) is 55.5. The molecule has 4 aromatic heterocycles. The maximum atomic E-state index is 12.5. The number of aromatic nitrogens is 4. The Bertz CT molecular complexity index is 5020. The molecule has 18 heteroatoms. The molecule has 0 unspecified atom stereocenters. The van der Waals surface area contributed by atoms with Crippen molar-refractivity contribution in [2.75, 3.05) is 0 Å². The minimum atomic E-state index is -3.24. The van der Waals surface area contributed by atoms with Gasteiger partial charge in [0.2, 0.25) is 21.8 Å². The summed E-state index contributed by atoms with van der Waals surface area (Å²) >= 11 is 0. The lowest BCUT2D eigenvalue weighted by molar-refractivity contribution is -0.144. The van der Waals surface area contributed by atoms with E-state index in [0.29, 0.717) is 99.2 Å². The third-order valence-electron chi connectivity index (χ3n) is 27.7. The number of esters is 1. The first-order valence-electron chi connectivity index (χ1n) is 41.7. The maximum Gasteiger partial charge on any atom is 0.309 e. The molecule has 0 spiro atoms. The fraction of sp³-hybridized carbons (Fsp3) is 0.404. The van der Waals surface area contributed by atoms with Crippen LogP contribution in [0.5, 0.6) is 0 Å². The van der Waals surface area contributed by atoms with Gasteiger partial charge in [-0.2, -0.15) is 21.0 Å². The lowest BCUT2D eigenvalue weighted by atomic mass is 9.62. The van der Waals surface area contributed by atoms with Crippen molar-refractivity contribution in [2.45, 2.75) is 138 Å². The second-order valence-corrected chi connectivity index (χ2v) is 36.4. The van der Waals surface area contributed by atoms with Crippen molar-refractivity contribution in [1.29, 1.82) is 21.0 Å². The Morgan fingerprint density at radius 2 is 0.735 bits per heavy atom. The van der Waals surface area contributed by atoms with E-state index < -0.39 is 10.0 Å². The fourth-order valence-corrected chi connectivity index (χ4v) is 22.6. The van der Waals surface area contributed by atoms with Crippen molar-refractivity contribution in [3.8, 4) is 68.8 Å². The van der Waals surface area contributed by atoms with Crippen LogP contribution in [0.25, 0.3) is 68.8 Å². The van der Waals surface area contributed by atoms with Crippen LogP contribution in [0.2, 0.25) is 0 Å². The van der Waals surface area contributed by atoms with Crippen molar-refractivity contribution in [2.24, 2.45) is 112 Å². The molecule has 17 nitrogen and oxygen atoms in total. The summed E-state index contributed by atoms with van der Waals surface area (Å²) in [5, 5.41) is 43.3. The van der Waals surface area contributed by atoms with E-state index in [2.05, 4.69) is 171 Å². The number of sulfonamides is 1. The third-order valence-corrected chi connectivity index (χ3v) is 29.7. The molecular weight excluding hydrogens is 1470 g/mol. The molecule has 16 rings (SSSR count). The van der Waals surface area contributed by atoms with Gasteiger partial charge in [-0.25, -0.2) is 13.1 Å². The minimum Gasteiger partial charge on any atom is -0.462 e. The van der Waals surface area contributed by atoms with Crippen molar-refractivity contribution >= 4 is 52.1 Å². The molecule has 4 saturated carbocycles. The van der Waals surface area contributed by atoms with Crippen LogP contribution >= 0.6 is 0 Å². The number of benzene rings is 4. The normalized spacial score (nSPS) is 31.6. The minimum absolute atomic E-state index is 0.0381. The van der Waals surface area contributed by atoms with Gasteiger partial charge in [0.15, 0.2) is 0 Å². The van der Waals surface area contributed by atoms with Gasteiger partial charge in [0, 0.05) is 105 Å². The molecule has 0 bridgehead atoms.